The number of ether oxygens (including phenoxy) is 1. The molecule has 0 heterocycles. The van der Waals surface area contributed by atoms with Crippen LogP contribution in [0.5, 0.6) is 0 Å². The molecule has 0 aromatic heterocycles. The van der Waals surface area contributed by atoms with Gasteiger partial charge in [0.2, 0.25) is 0 Å². The quantitative estimate of drug-likeness (QED) is 0.773. The molecule has 1 aromatic rings. The zero-order valence-corrected chi connectivity index (χ0v) is 10.00. The fourth-order valence-corrected chi connectivity index (χ4v) is 1.60. The molecule has 0 saturated carbocycles. The highest BCUT2D eigenvalue weighted by Gasteiger charge is 2.13. The lowest BCUT2D eigenvalue weighted by molar-refractivity contribution is 0.112. The molecule has 0 aliphatic rings. The Morgan fingerprint density at radius 3 is 2.82 bits per heavy atom. The first-order valence-electron chi connectivity index (χ1n) is 5.29. The molecule has 17 heavy (non-hydrogen) atoms. The third-order valence-electron chi connectivity index (χ3n) is 2.37. The molecule has 3 nitrogen and oxygen atoms in total. The number of carbonyl (C=O) groups excluding carboxylic acids is 1. The number of benzene rings is 1. The van der Waals surface area contributed by atoms with Crippen molar-refractivity contribution in [2.75, 3.05) is 19.0 Å². The number of hydrogen-bond donors (Lipinski definition) is 1. The fraction of sp³-hybridized carbons (Fsp3) is 0.308. The summed E-state index contributed by atoms with van der Waals surface area (Å²) in [5.74, 6) is -0.544. The van der Waals surface area contributed by atoms with Crippen LogP contribution in [0.4, 0.5) is 10.1 Å². The molecular weight excluding hydrogens is 221 g/mol. The summed E-state index contributed by atoms with van der Waals surface area (Å²) in [6, 6.07) is 2.81. The van der Waals surface area contributed by atoms with Gasteiger partial charge in [-0.3, -0.25) is 4.79 Å². The van der Waals surface area contributed by atoms with Gasteiger partial charge >= 0.3 is 0 Å². The highest BCUT2D eigenvalue weighted by molar-refractivity contribution is 5.88. The minimum absolute atomic E-state index is 0.0188. The Morgan fingerprint density at radius 2 is 2.29 bits per heavy atom. The number of methoxy groups -OCH3 is 1. The summed E-state index contributed by atoms with van der Waals surface area (Å²) in [6.07, 6.45) is 2.08. The normalized spacial score (nSPS) is 11.9. The van der Waals surface area contributed by atoms with Crippen LogP contribution < -0.4 is 5.32 Å². The summed E-state index contributed by atoms with van der Waals surface area (Å²) in [6.45, 7) is 5.99. The van der Waals surface area contributed by atoms with Gasteiger partial charge in [0.1, 0.15) is 5.82 Å². The lowest BCUT2D eigenvalue weighted by Gasteiger charge is -2.18. The summed E-state index contributed by atoms with van der Waals surface area (Å²) in [7, 11) is 1.58. The number of hydrogen-bond acceptors (Lipinski definition) is 3. The van der Waals surface area contributed by atoms with Crippen LogP contribution in [-0.2, 0) is 4.74 Å². The van der Waals surface area contributed by atoms with E-state index in [0.29, 0.717) is 24.1 Å². The van der Waals surface area contributed by atoms with Crippen molar-refractivity contribution < 1.29 is 13.9 Å². The van der Waals surface area contributed by atoms with E-state index in [1.54, 1.807) is 19.3 Å². The summed E-state index contributed by atoms with van der Waals surface area (Å²) < 4.78 is 18.4. The summed E-state index contributed by atoms with van der Waals surface area (Å²) in [4.78, 5) is 10.9. The van der Waals surface area contributed by atoms with E-state index < -0.39 is 5.82 Å². The number of nitrogens with one attached hydrogen (secondary N) is 1. The third kappa shape index (κ3) is 3.14. The highest BCUT2D eigenvalue weighted by Crippen LogP contribution is 2.24. The predicted molar refractivity (Wildman–Crippen MR) is 66.8 cm³/mol. The van der Waals surface area contributed by atoms with Gasteiger partial charge in [-0.05, 0) is 24.6 Å². The minimum Gasteiger partial charge on any atom is -0.383 e. The maximum atomic E-state index is 13.5. The van der Waals surface area contributed by atoms with E-state index in [9.17, 15) is 9.18 Å². The molecule has 0 amide bonds. The van der Waals surface area contributed by atoms with Crippen molar-refractivity contribution in [1.82, 2.24) is 0 Å². The van der Waals surface area contributed by atoms with E-state index in [-0.39, 0.29) is 11.6 Å². The Morgan fingerprint density at radius 1 is 1.59 bits per heavy atom. The average molecular weight is 237 g/mol. The first kappa shape index (κ1) is 13.4. The minimum atomic E-state index is -0.544. The second kappa shape index (κ2) is 6.15. The van der Waals surface area contributed by atoms with Gasteiger partial charge in [0, 0.05) is 13.2 Å². The molecule has 1 N–H and O–H groups in total. The maximum Gasteiger partial charge on any atom is 0.155 e. The molecule has 0 aliphatic carbocycles. The number of rotatable bonds is 6. The second-order valence-electron chi connectivity index (χ2n) is 3.75. The summed E-state index contributed by atoms with van der Waals surface area (Å²) in [5.41, 5.74) is 1.17. The number of aldehydes is 1. The van der Waals surface area contributed by atoms with Crippen LogP contribution in [0.2, 0.25) is 0 Å². The molecule has 0 fully saturated rings. The van der Waals surface area contributed by atoms with Gasteiger partial charge in [-0.25, -0.2) is 4.39 Å². The van der Waals surface area contributed by atoms with E-state index in [1.165, 1.54) is 6.07 Å². The molecule has 0 spiro atoms. The van der Waals surface area contributed by atoms with Gasteiger partial charge in [-0.1, -0.05) is 12.7 Å². The molecule has 4 heteroatoms. The lowest BCUT2D eigenvalue weighted by atomic mass is 10.1. The Balaban J connectivity index is 3.13. The molecule has 0 aliphatic heterocycles. The SMILES string of the molecule is C=Cc1ccc(F)c(C=O)c1N[C@@H](C)COC. The van der Waals surface area contributed by atoms with E-state index in [1.807, 2.05) is 6.92 Å². The van der Waals surface area contributed by atoms with Crippen molar-refractivity contribution in [3.8, 4) is 0 Å². The second-order valence-corrected chi connectivity index (χ2v) is 3.75. The van der Waals surface area contributed by atoms with Crippen LogP contribution >= 0.6 is 0 Å². The van der Waals surface area contributed by atoms with Crippen molar-refractivity contribution in [3.63, 3.8) is 0 Å². The average Bonchev–Trinajstić information content (AvgIpc) is 2.30. The third-order valence-corrected chi connectivity index (χ3v) is 2.37. The molecule has 0 bridgehead atoms. The van der Waals surface area contributed by atoms with Gasteiger partial charge < -0.3 is 10.1 Å². The molecule has 1 rings (SSSR count). The van der Waals surface area contributed by atoms with Crippen molar-refractivity contribution in [1.29, 1.82) is 0 Å². The highest BCUT2D eigenvalue weighted by atomic mass is 19.1. The van der Waals surface area contributed by atoms with Crippen LogP contribution in [0.15, 0.2) is 18.7 Å². The Bertz CT molecular complexity index is 418. The molecule has 0 saturated heterocycles. The summed E-state index contributed by atoms with van der Waals surface area (Å²) in [5, 5.41) is 3.06. The van der Waals surface area contributed by atoms with Crippen LogP contribution in [0.1, 0.15) is 22.8 Å². The largest absolute Gasteiger partial charge is 0.383 e. The zero-order chi connectivity index (χ0) is 12.8. The van der Waals surface area contributed by atoms with Crippen LogP contribution in [0, 0.1) is 5.82 Å². The maximum absolute atomic E-state index is 13.5. The van der Waals surface area contributed by atoms with Gasteiger partial charge in [-0.2, -0.15) is 0 Å². The van der Waals surface area contributed by atoms with Gasteiger partial charge in [0.05, 0.1) is 17.9 Å². The Hall–Kier alpha value is -1.68. The topological polar surface area (TPSA) is 38.3 Å². The molecule has 0 unspecified atom stereocenters. The van der Waals surface area contributed by atoms with Crippen molar-refractivity contribution in [2.24, 2.45) is 0 Å². The standard InChI is InChI=1S/C13H16FNO2/c1-4-10-5-6-12(14)11(7-16)13(10)15-9(2)8-17-3/h4-7,9,15H,1,8H2,2-3H3/t9-/m0/s1. The predicted octanol–water partition coefficient (Wildman–Crippen LogP) is 2.73. The number of halogens is 1. The van der Waals surface area contributed by atoms with E-state index in [0.717, 1.165) is 0 Å². The van der Waals surface area contributed by atoms with Crippen molar-refractivity contribution >= 4 is 18.0 Å². The first-order valence-corrected chi connectivity index (χ1v) is 5.29. The fourth-order valence-electron chi connectivity index (χ4n) is 1.60. The van der Waals surface area contributed by atoms with Crippen LogP contribution in [0.25, 0.3) is 6.08 Å². The molecule has 1 atom stereocenters. The monoisotopic (exact) mass is 237 g/mol. The molecular formula is C13H16FNO2. The van der Waals surface area contributed by atoms with Crippen LogP contribution in [-0.4, -0.2) is 26.0 Å². The van der Waals surface area contributed by atoms with E-state index in [2.05, 4.69) is 11.9 Å². The van der Waals surface area contributed by atoms with Gasteiger partial charge in [0.15, 0.2) is 6.29 Å². The number of carbonyl (C=O) groups is 1. The first-order chi connectivity index (χ1) is 8.13. The van der Waals surface area contributed by atoms with Crippen LogP contribution in [0.3, 0.4) is 0 Å². The molecule has 0 radical (unpaired) electrons. The Kier molecular flexibility index (Phi) is 4.84. The molecule has 92 valence electrons. The van der Waals surface area contributed by atoms with Crippen molar-refractivity contribution in [2.45, 2.75) is 13.0 Å². The summed E-state index contributed by atoms with van der Waals surface area (Å²) >= 11 is 0. The van der Waals surface area contributed by atoms with Crippen molar-refractivity contribution in [3.05, 3.63) is 35.7 Å². The smallest absolute Gasteiger partial charge is 0.155 e. The van der Waals surface area contributed by atoms with E-state index in [4.69, 9.17) is 4.74 Å². The Labute approximate surface area is 100 Å². The molecule has 1 aromatic carbocycles. The lowest BCUT2D eigenvalue weighted by Crippen LogP contribution is -2.22. The van der Waals surface area contributed by atoms with Gasteiger partial charge in [-0.15, -0.1) is 0 Å². The number of anilines is 1. The van der Waals surface area contributed by atoms with E-state index >= 15 is 0 Å². The van der Waals surface area contributed by atoms with Gasteiger partial charge in [0.25, 0.3) is 0 Å². The zero-order valence-electron chi connectivity index (χ0n) is 10.00.